The van der Waals surface area contributed by atoms with Crippen molar-refractivity contribution >= 4 is 27.6 Å². The fraction of sp³-hybridized carbons (Fsp3) is 0.462. The van der Waals surface area contributed by atoms with Crippen LogP contribution in [-0.4, -0.2) is 74.5 Å². The molecule has 1 aliphatic carbocycles. The van der Waals surface area contributed by atoms with Crippen LogP contribution < -0.4 is 9.46 Å². The fourth-order valence-electron chi connectivity index (χ4n) is 5.40. The highest BCUT2D eigenvalue weighted by Gasteiger charge is 2.45. The number of ether oxygens (including phenoxy) is 1. The van der Waals surface area contributed by atoms with E-state index in [0.717, 1.165) is 56.2 Å². The Hall–Kier alpha value is -3.18. The van der Waals surface area contributed by atoms with Crippen LogP contribution in [0.1, 0.15) is 47.2 Å². The van der Waals surface area contributed by atoms with Crippen molar-refractivity contribution in [3.8, 4) is 5.75 Å². The van der Waals surface area contributed by atoms with Crippen LogP contribution >= 0.6 is 0 Å². The normalized spacial score (nSPS) is 22.5. The first-order chi connectivity index (χ1) is 17.6. The molecule has 1 amide bonds. The number of aromatic carboxylic acids is 1. The molecule has 2 aliphatic heterocycles. The number of hydrogen-bond donors (Lipinski definition) is 2. The van der Waals surface area contributed by atoms with Crippen molar-refractivity contribution in [1.29, 1.82) is 0 Å². The lowest BCUT2D eigenvalue weighted by molar-refractivity contribution is -0.131. The first-order valence-electron chi connectivity index (χ1n) is 12.4. The van der Waals surface area contributed by atoms with Gasteiger partial charge in [0.25, 0.3) is 10.0 Å². The van der Waals surface area contributed by atoms with E-state index < -0.39 is 21.8 Å². The molecule has 2 N–H and O–H groups in total. The van der Waals surface area contributed by atoms with E-state index in [-0.39, 0.29) is 51.7 Å². The summed E-state index contributed by atoms with van der Waals surface area (Å²) in [5, 5.41) is 9.88. The van der Waals surface area contributed by atoms with E-state index in [1.54, 1.807) is 18.0 Å². The van der Waals surface area contributed by atoms with Crippen molar-refractivity contribution in [2.45, 2.75) is 43.0 Å². The van der Waals surface area contributed by atoms with Crippen molar-refractivity contribution in [3.05, 3.63) is 52.8 Å². The number of anilines is 1. The summed E-state index contributed by atoms with van der Waals surface area (Å²) >= 11 is 0. The number of hydrogen-bond acceptors (Lipinski definition) is 6. The van der Waals surface area contributed by atoms with Gasteiger partial charge < -0.3 is 19.6 Å². The summed E-state index contributed by atoms with van der Waals surface area (Å²) in [7, 11) is -2.69. The molecule has 0 unspecified atom stereocenters. The summed E-state index contributed by atoms with van der Waals surface area (Å²) in [5.74, 6) is -1.54. The summed E-state index contributed by atoms with van der Waals surface area (Å²) in [6, 6.07) is 6.25. The van der Waals surface area contributed by atoms with Gasteiger partial charge >= 0.3 is 5.97 Å². The molecule has 1 saturated carbocycles. The van der Waals surface area contributed by atoms with E-state index in [0.29, 0.717) is 12.5 Å². The number of nitrogens with zero attached hydrogens (tertiary/aromatic N) is 2. The van der Waals surface area contributed by atoms with E-state index in [4.69, 9.17) is 4.74 Å². The Morgan fingerprint density at radius 2 is 2.05 bits per heavy atom. The Morgan fingerprint density at radius 3 is 2.76 bits per heavy atom. The second-order valence-corrected chi connectivity index (χ2v) is 11.7. The van der Waals surface area contributed by atoms with Gasteiger partial charge in [-0.05, 0) is 60.7 Å². The quantitative estimate of drug-likeness (QED) is 0.538. The molecular weight excluding hydrogens is 501 g/mol. The smallest absolute Gasteiger partial charge is 0.341 e. The maximum Gasteiger partial charge on any atom is 0.341 e. The number of carbonyl (C=O) groups is 2. The molecule has 1 saturated heterocycles. The number of likely N-dealkylation sites (tertiary alicyclic amines) is 1. The molecule has 2 heterocycles. The van der Waals surface area contributed by atoms with E-state index in [2.05, 4.69) is 9.62 Å². The molecule has 37 heavy (non-hydrogen) atoms. The summed E-state index contributed by atoms with van der Waals surface area (Å²) in [4.78, 5) is 28.7. The molecule has 5 rings (SSSR count). The third kappa shape index (κ3) is 4.89. The predicted molar refractivity (Wildman–Crippen MR) is 134 cm³/mol. The predicted octanol–water partition coefficient (Wildman–Crippen LogP) is 2.92. The minimum atomic E-state index is -4.36. The lowest BCUT2D eigenvalue weighted by Gasteiger charge is -2.25. The first kappa shape index (κ1) is 25.5. The number of sulfonamides is 1. The number of carbonyl (C=O) groups excluding carboxylic acids is 1. The molecule has 3 aliphatic rings. The number of amides is 1. The van der Waals surface area contributed by atoms with Gasteiger partial charge in [0.05, 0.1) is 23.6 Å². The summed E-state index contributed by atoms with van der Waals surface area (Å²) in [6.07, 6.45) is 1.41. The molecule has 0 bridgehead atoms. The molecule has 2 aromatic carbocycles. The number of benzene rings is 2. The minimum Gasteiger partial charge on any atom is -0.492 e. The second kappa shape index (κ2) is 9.60. The Morgan fingerprint density at radius 1 is 1.27 bits per heavy atom. The third-order valence-electron chi connectivity index (χ3n) is 7.70. The first-order valence-corrected chi connectivity index (χ1v) is 13.9. The van der Waals surface area contributed by atoms with Gasteiger partial charge in [-0.2, -0.15) is 0 Å². The van der Waals surface area contributed by atoms with Gasteiger partial charge in [-0.15, -0.1) is 0 Å². The van der Waals surface area contributed by atoms with E-state index in [1.165, 1.54) is 6.07 Å². The average molecular weight is 532 g/mol. The van der Waals surface area contributed by atoms with Gasteiger partial charge in [0.15, 0.2) is 0 Å². The highest BCUT2D eigenvalue weighted by molar-refractivity contribution is 7.92. The van der Waals surface area contributed by atoms with Crippen molar-refractivity contribution in [1.82, 2.24) is 9.80 Å². The van der Waals surface area contributed by atoms with Crippen molar-refractivity contribution < 1.29 is 32.2 Å². The molecule has 3 atom stereocenters. The maximum absolute atomic E-state index is 14.2. The SMILES string of the molecule is CCN1CC[C@@H](N(C)C(=O)Cc2cc(F)ccc2S(=O)(=O)Nc2ccc3c(c2C(=O)O)OC[C@@H]2C[C@H]32)C1. The fourth-order valence-corrected chi connectivity index (χ4v) is 6.69. The zero-order valence-corrected chi connectivity index (χ0v) is 21.6. The molecule has 0 aromatic heterocycles. The minimum absolute atomic E-state index is 0.00104. The maximum atomic E-state index is 14.2. The van der Waals surface area contributed by atoms with Crippen molar-refractivity contribution in [3.63, 3.8) is 0 Å². The van der Waals surface area contributed by atoms with Crippen molar-refractivity contribution in [2.75, 3.05) is 38.0 Å². The lowest BCUT2D eigenvalue weighted by Crippen LogP contribution is -2.40. The van der Waals surface area contributed by atoms with Gasteiger partial charge in [-0.3, -0.25) is 9.52 Å². The zero-order valence-electron chi connectivity index (χ0n) is 20.7. The number of carboxylic acid groups (broad SMARTS) is 1. The van der Waals surface area contributed by atoms with Crippen LogP contribution in [0.5, 0.6) is 5.75 Å². The number of carboxylic acids is 1. The average Bonchev–Trinajstić information content (AvgIpc) is 3.49. The van der Waals surface area contributed by atoms with Crippen LogP contribution in [0.25, 0.3) is 0 Å². The molecule has 2 fully saturated rings. The van der Waals surface area contributed by atoms with Crippen LogP contribution in [0.4, 0.5) is 10.1 Å². The van der Waals surface area contributed by atoms with E-state index in [1.807, 2.05) is 6.92 Å². The molecule has 2 aromatic rings. The van der Waals surface area contributed by atoms with E-state index in [9.17, 15) is 27.5 Å². The zero-order chi connectivity index (χ0) is 26.5. The molecular formula is C26H30FN3O6S. The molecule has 11 heteroatoms. The lowest BCUT2D eigenvalue weighted by atomic mass is 10.0. The molecule has 198 valence electrons. The summed E-state index contributed by atoms with van der Waals surface area (Å²) in [6.45, 7) is 4.93. The third-order valence-corrected chi connectivity index (χ3v) is 9.17. The molecule has 0 radical (unpaired) electrons. The number of halogens is 1. The van der Waals surface area contributed by atoms with Gasteiger partial charge in [0.1, 0.15) is 17.1 Å². The van der Waals surface area contributed by atoms with Crippen LogP contribution in [0.15, 0.2) is 35.2 Å². The van der Waals surface area contributed by atoms with E-state index >= 15 is 0 Å². The number of likely N-dealkylation sites (N-methyl/N-ethyl adjacent to an activating group) is 2. The summed E-state index contributed by atoms with van der Waals surface area (Å²) in [5.41, 5.74) is 0.366. The van der Waals surface area contributed by atoms with Gasteiger partial charge in [0.2, 0.25) is 5.91 Å². The standard InChI is InChI=1S/C26H30FN3O6S/c1-3-30-9-8-18(13-30)29(2)23(31)12-15-10-17(27)4-7-22(15)37(34,35)28-21-6-5-19-20-11-16(20)14-36-25(19)24(21)26(32)33/h4-7,10,16,18,20,28H,3,8-9,11-14H2,1-2H3,(H,32,33)/t16-,18+,20-/m0/s1. The van der Waals surface area contributed by atoms with Gasteiger partial charge in [0, 0.05) is 32.1 Å². The van der Waals surface area contributed by atoms with Gasteiger partial charge in [-0.25, -0.2) is 17.6 Å². The van der Waals surface area contributed by atoms with Crippen LogP contribution in [-0.2, 0) is 21.2 Å². The van der Waals surface area contributed by atoms with Crippen LogP contribution in [0, 0.1) is 11.7 Å². The highest BCUT2D eigenvalue weighted by Crippen LogP contribution is 2.55. The molecule has 0 spiro atoms. The number of nitrogens with one attached hydrogen (secondary N) is 1. The Balaban J connectivity index is 1.42. The summed E-state index contributed by atoms with van der Waals surface area (Å²) < 4.78 is 49.1. The Bertz CT molecular complexity index is 1360. The molecule has 9 nitrogen and oxygen atoms in total. The second-order valence-electron chi connectivity index (χ2n) is 10.00. The van der Waals surface area contributed by atoms with Crippen LogP contribution in [0.3, 0.4) is 0 Å². The largest absolute Gasteiger partial charge is 0.492 e. The van der Waals surface area contributed by atoms with Gasteiger partial charge in [-0.1, -0.05) is 13.0 Å². The monoisotopic (exact) mass is 531 g/mol. The Kier molecular flexibility index (Phi) is 6.61. The Labute approximate surface area is 215 Å². The highest BCUT2D eigenvalue weighted by atomic mass is 32.2. The topological polar surface area (TPSA) is 116 Å². The van der Waals surface area contributed by atoms with Crippen LogP contribution in [0.2, 0.25) is 0 Å². The van der Waals surface area contributed by atoms with Crippen molar-refractivity contribution in [2.24, 2.45) is 5.92 Å². The number of rotatable bonds is 8. The number of fused-ring (bicyclic) bond motifs is 3.